The van der Waals surface area contributed by atoms with Crippen LogP contribution in [0.4, 0.5) is 5.69 Å². The quantitative estimate of drug-likeness (QED) is 0.607. The molecule has 1 fully saturated rings. The summed E-state index contributed by atoms with van der Waals surface area (Å²) in [6, 6.07) is 7.80. The van der Waals surface area contributed by atoms with Crippen LogP contribution in [0.25, 0.3) is 0 Å². The maximum Gasteiger partial charge on any atom is 0.150 e. The van der Waals surface area contributed by atoms with Gasteiger partial charge in [-0.2, -0.15) is 0 Å². The lowest BCUT2D eigenvalue weighted by atomic mass is 10.1. The first kappa shape index (κ1) is 10.7. The lowest BCUT2D eigenvalue weighted by molar-refractivity contribution is 0.112. The number of alkyl halides is 1. The molecule has 0 aromatic heterocycles. The molecule has 15 heavy (non-hydrogen) atoms. The number of anilines is 1. The second kappa shape index (κ2) is 4.79. The third-order valence-electron chi connectivity index (χ3n) is 2.76. The summed E-state index contributed by atoms with van der Waals surface area (Å²) in [5.74, 6) is 0. The van der Waals surface area contributed by atoms with Crippen molar-refractivity contribution in [1.82, 2.24) is 0 Å². The highest BCUT2D eigenvalue weighted by Crippen LogP contribution is 2.23. The van der Waals surface area contributed by atoms with Gasteiger partial charge in [-0.3, -0.25) is 4.79 Å². The molecule has 0 spiro atoms. The Kier molecular flexibility index (Phi) is 3.41. The number of aldehydes is 1. The Bertz CT molecular complexity index is 336. The molecule has 80 valence electrons. The number of carbonyl (C=O) groups excluding carboxylic acids is 1. The highest BCUT2D eigenvalue weighted by atomic mass is 79.9. The van der Waals surface area contributed by atoms with Crippen molar-refractivity contribution < 1.29 is 4.79 Å². The molecule has 1 atom stereocenters. The molecule has 1 saturated heterocycles. The van der Waals surface area contributed by atoms with Gasteiger partial charge in [0.15, 0.2) is 0 Å². The van der Waals surface area contributed by atoms with E-state index in [9.17, 15) is 4.79 Å². The predicted molar refractivity (Wildman–Crippen MR) is 66.0 cm³/mol. The summed E-state index contributed by atoms with van der Waals surface area (Å²) in [5.41, 5.74) is 1.95. The minimum atomic E-state index is 0.594. The van der Waals surface area contributed by atoms with Crippen LogP contribution in [0.15, 0.2) is 24.3 Å². The first-order valence-electron chi connectivity index (χ1n) is 5.24. The van der Waals surface area contributed by atoms with Crippen LogP contribution in [0.5, 0.6) is 0 Å². The van der Waals surface area contributed by atoms with Gasteiger partial charge in [-0.15, -0.1) is 0 Å². The molecule has 1 aliphatic rings. The van der Waals surface area contributed by atoms with Gasteiger partial charge in [0.1, 0.15) is 6.29 Å². The molecule has 2 rings (SSSR count). The topological polar surface area (TPSA) is 20.3 Å². The van der Waals surface area contributed by atoms with Crippen LogP contribution >= 0.6 is 15.9 Å². The zero-order valence-electron chi connectivity index (χ0n) is 8.53. The smallest absolute Gasteiger partial charge is 0.150 e. The molecule has 1 unspecified atom stereocenters. The average Bonchev–Trinajstić information content (AvgIpc) is 2.29. The summed E-state index contributed by atoms with van der Waals surface area (Å²) in [6.45, 7) is 2.17. The third kappa shape index (κ3) is 2.59. The van der Waals surface area contributed by atoms with E-state index in [4.69, 9.17) is 0 Å². The Morgan fingerprint density at radius 3 is 2.67 bits per heavy atom. The van der Waals surface area contributed by atoms with Crippen LogP contribution in [-0.4, -0.2) is 24.2 Å². The van der Waals surface area contributed by atoms with Crippen molar-refractivity contribution in [1.29, 1.82) is 0 Å². The van der Waals surface area contributed by atoms with Crippen LogP contribution < -0.4 is 4.90 Å². The highest BCUT2D eigenvalue weighted by Gasteiger charge is 2.17. The molecule has 1 aromatic carbocycles. The minimum absolute atomic E-state index is 0.594. The van der Waals surface area contributed by atoms with Crippen LogP contribution in [0.2, 0.25) is 0 Å². The van der Waals surface area contributed by atoms with E-state index in [1.807, 2.05) is 24.3 Å². The molecule has 0 aliphatic carbocycles. The second-order valence-electron chi connectivity index (χ2n) is 3.89. The number of rotatable bonds is 2. The number of halogens is 1. The molecule has 0 N–H and O–H groups in total. The minimum Gasteiger partial charge on any atom is -0.370 e. The van der Waals surface area contributed by atoms with Crippen molar-refractivity contribution >= 4 is 27.9 Å². The van der Waals surface area contributed by atoms with Gasteiger partial charge in [-0.05, 0) is 37.1 Å². The zero-order valence-corrected chi connectivity index (χ0v) is 10.1. The first-order valence-corrected chi connectivity index (χ1v) is 6.15. The maximum absolute atomic E-state index is 10.5. The predicted octanol–water partition coefficient (Wildman–Crippen LogP) is 2.86. The molecule has 0 saturated carbocycles. The van der Waals surface area contributed by atoms with Crippen molar-refractivity contribution in [2.45, 2.75) is 17.7 Å². The molecule has 3 heteroatoms. The molecule has 0 radical (unpaired) electrons. The van der Waals surface area contributed by atoms with Crippen molar-refractivity contribution in [3.63, 3.8) is 0 Å². The Balaban J connectivity index is 2.11. The summed E-state index contributed by atoms with van der Waals surface area (Å²) in [4.78, 5) is 13.5. The van der Waals surface area contributed by atoms with Gasteiger partial charge in [0.2, 0.25) is 0 Å². The standard InChI is InChI=1S/C12H14BrNO/c13-11-2-1-7-14(8-11)12-5-3-10(9-15)4-6-12/h3-6,9,11H,1-2,7-8H2. The van der Waals surface area contributed by atoms with Gasteiger partial charge in [-0.1, -0.05) is 15.9 Å². The van der Waals surface area contributed by atoms with E-state index in [0.29, 0.717) is 4.83 Å². The van der Waals surface area contributed by atoms with Gasteiger partial charge in [0.05, 0.1) is 0 Å². The average molecular weight is 268 g/mol. The van der Waals surface area contributed by atoms with E-state index >= 15 is 0 Å². The summed E-state index contributed by atoms with van der Waals surface area (Å²) >= 11 is 3.66. The Hall–Kier alpha value is -0.830. The Morgan fingerprint density at radius 2 is 2.07 bits per heavy atom. The summed E-state index contributed by atoms with van der Waals surface area (Å²) < 4.78 is 0. The number of nitrogens with zero attached hydrogens (tertiary/aromatic N) is 1. The summed E-state index contributed by atoms with van der Waals surface area (Å²) in [6.07, 6.45) is 3.36. The van der Waals surface area contributed by atoms with Crippen LogP contribution in [0.3, 0.4) is 0 Å². The SMILES string of the molecule is O=Cc1ccc(N2CCCC(Br)C2)cc1. The third-order valence-corrected chi connectivity index (χ3v) is 3.51. The van der Waals surface area contributed by atoms with Crippen molar-refractivity contribution in [3.8, 4) is 0 Å². The number of hydrogen-bond donors (Lipinski definition) is 0. The van der Waals surface area contributed by atoms with Crippen molar-refractivity contribution in [3.05, 3.63) is 29.8 Å². The van der Waals surface area contributed by atoms with Gasteiger partial charge >= 0.3 is 0 Å². The lowest BCUT2D eigenvalue weighted by Gasteiger charge is -2.31. The van der Waals surface area contributed by atoms with Crippen LogP contribution in [-0.2, 0) is 0 Å². The fourth-order valence-electron chi connectivity index (χ4n) is 1.92. The zero-order chi connectivity index (χ0) is 10.7. The van der Waals surface area contributed by atoms with Gasteiger partial charge < -0.3 is 4.90 Å². The fraction of sp³-hybridized carbons (Fsp3) is 0.417. The molecule has 2 nitrogen and oxygen atoms in total. The maximum atomic E-state index is 10.5. The molecular formula is C12H14BrNO. The normalized spacial score (nSPS) is 21.4. The van der Waals surface area contributed by atoms with Crippen LogP contribution in [0.1, 0.15) is 23.2 Å². The van der Waals surface area contributed by atoms with Gasteiger partial charge in [0.25, 0.3) is 0 Å². The number of piperidine rings is 1. The van der Waals surface area contributed by atoms with E-state index in [-0.39, 0.29) is 0 Å². The van der Waals surface area contributed by atoms with Crippen LogP contribution in [0, 0.1) is 0 Å². The van der Waals surface area contributed by atoms with Crippen molar-refractivity contribution in [2.75, 3.05) is 18.0 Å². The number of hydrogen-bond acceptors (Lipinski definition) is 2. The molecular weight excluding hydrogens is 254 g/mol. The first-order chi connectivity index (χ1) is 7.29. The second-order valence-corrected chi connectivity index (χ2v) is 5.19. The Labute approximate surface area is 98.4 Å². The van der Waals surface area contributed by atoms with Crippen molar-refractivity contribution in [2.24, 2.45) is 0 Å². The van der Waals surface area contributed by atoms with Gasteiger partial charge in [-0.25, -0.2) is 0 Å². The molecule has 0 amide bonds. The molecule has 1 heterocycles. The van der Waals surface area contributed by atoms with E-state index in [1.54, 1.807) is 0 Å². The van der Waals surface area contributed by atoms with E-state index in [1.165, 1.54) is 18.5 Å². The molecule has 1 aromatic rings. The summed E-state index contributed by atoms with van der Waals surface area (Å²) in [7, 11) is 0. The Morgan fingerprint density at radius 1 is 1.33 bits per heavy atom. The fourth-order valence-corrected chi connectivity index (χ4v) is 2.60. The molecule has 0 bridgehead atoms. The van der Waals surface area contributed by atoms with E-state index in [0.717, 1.165) is 24.9 Å². The number of benzene rings is 1. The molecule has 1 aliphatic heterocycles. The number of carbonyl (C=O) groups is 1. The lowest BCUT2D eigenvalue weighted by Crippen LogP contribution is -2.35. The monoisotopic (exact) mass is 267 g/mol. The summed E-state index contributed by atoms with van der Waals surface area (Å²) in [5, 5.41) is 0. The largest absolute Gasteiger partial charge is 0.370 e. The van der Waals surface area contributed by atoms with Gasteiger partial charge in [0, 0.05) is 29.2 Å². The van der Waals surface area contributed by atoms with E-state index < -0.39 is 0 Å². The van der Waals surface area contributed by atoms with E-state index in [2.05, 4.69) is 20.8 Å². The highest BCUT2D eigenvalue weighted by molar-refractivity contribution is 9.09.